The van der Waals surface area contributed by atoms with Gasteiger partial charge in [0.2, 0.25) is 5.91 Å². The molecule has 1 fully saturated rings. The maximum atomic E-state index is 12.5. The Kier molecular flexibility index (Phi) is 5.45. The molecule has 1 aliphatic rings. The lowest BCUT2D eigenvalue weighted by molar-refractivity contribution is -0.121. The first kappa shape index (κ1) is 18.0. The molecule has 2 unspecified atom stereocenters. The molecule has 2 heterocycles. The zero-order chi connectivity index (χ0) is 18.0. The molecule has 6 heteroatoms. The van der Waals surface area contributed by atoms with Gasteiger partial charge in [-0.2, -0.15) is 5.10 Å². The van der Waals surface area contributed by atoms with Gasteiger partial charge in [0.1, 0.15) is 0 Å². The summed E-state index contributed by atoms with van der Waals surface area (Å²) in [6.45, 7) is 7.07. The van der Waals surface area contributed by atoms with Crippen molar-refractivity contribution in [3.8, 4) is 5.69 Å². The molecule has 2 aromatic rings. The van der Waals surface area contributed by atoms with Crippen LogP contribution in [-0.4, -0.2) is 34.3 Å². The fourth-order valence-electron chi connectivity index (χ4n) is 3.47. The third-order valence-corrected chi connectivity index (χ3v) is 5.09. The maximum absolute atomic E-state index is 12.5. The Labute approximate surface area is 153 Å². The SMILES string of the molecule is Cc1nn(-c2ccc(Cl)cc2)c(C)c1CC(=O)NC1CCNC(C)C1. The number of nitrogens with zero attached hydrogens (tertiary/aromatic N) is 2. The number of aromatic nitrogens is 2. The highest BCUT2D eigenvalue weighted by molar-refractivity contribution is 6.30. The molecule has 2 atom stereocenters. The van der Waals surface area contributed by atoms with Crippen LogP contribution in [0.15, 0.2) is 24.3 Å². The van der Waals surface area contributed by atoms with Gasteiger partial charge in [0, 0.05) is 28.4 Å². The molecule has 5 nitrogen and oxygen atoms in total. The summed E-state index contributed by atoms with van der Waals surface area (Å²) >= 11 is 5.96. The minimum absolute atomic E-state index is 0.0703. The predicted molar refractivity (Wildman–Crippen MR) is 100 cm³/mol. The molecule has 0 saturated carbocycles. The van der Waals surface area contributed by atoms with Gasteiger partial charge in [-0.05, 0) is 64.4 Å². The van der Waals surface area contributed by atoms with Gasteiger partial charge in [-0.1, -0.05) is 11.6 Å². The van der Waals surface area contributed by atoms with Crippen LogP contribution in [0.1, 0.15) is 36.7 Å². The van der Waals surface area contributed by atoms with Crippen LogP contribution in [0.3, 0.4) is 0 Å². The standard InChI is InChI=1S/C19H25ClN4O/c1-12-10-16(8-9-21-12)22-19(25)11-18-13(2)23-24(14(18)3)17-6-4-15(20)5-7-17/h4-7,12,16,21H,8-11H2,1-3H3,(H,22,25). The van der Waals surface area contributed by atoms with Gasteiger partial charge >= 0.3 is 0 Å². The summed E-state index contributed by atoms with van der Waals surface area (Å²) in [5.41, 5.74) is 3.83. The number of aryl methyl sites for hydroxylation is 1. The molecule has 1 aliphatic heterocycles. The highest BCUT2D eigenvalue weighted by Gasteiger charge is 2.21. The lowest BCUT2D eigenvalue weighted by Gasteiger charge is -2.28. The topological polar surface area (TPSA) is 59.0 Å². The second-order valence-electron chi connectivity index (χ2n) is 6.86. The molecular weight excluding hydrogens is 336 g/mol. The van der Waals surface area contributed by atoms with Crippen LogP contribution in [0, 0.1) is 13.8 Å². The lowest BCUT2D eigenvalue weighted by atomic mass is 10.00. The summed E-state index contributed by atoms with van der Waals surface area (Å²) in [6, 6.07) is 8.27. The van der Waals surface area contributed by atoms with Crippen molar-refractivity contribution in [1.82, 2.24) is 20.4 Å². The third-order valence-electron chi connectivity index (χ3n) is 4.84. The first-order valence-corrected chi connectivity index (χ1v) is 9.15. The van der Waals surface area contributed by atoms with Crippen molar-refractivity contribution in [2.24, 2.45) is 0 Å². The van der Waals surface area contributed by atoms with Gasteiger partial charge in [0.05, 0.1) is 17.8 Å². The number of benzene rings is 1. The average molecular weight is 361 g/mol. The zero-order valence-electron chi connectivity index (χ0n) is 15.0. The van der Waals surface area contributed by atoms with Gasteiger partial charge in [-0.3, -0.25) is 4.79 Å². The average Bonchev–Trinajstić information content (AvgIpc) is 2.84. The summed E-state index contributed by atoms with van der Waals surface area (Å²) in [7, 11) is 0. The van der Waals surface area contributed by atoms with Crippen molar-refractivity contribution < 1.29 is 4.79 Å². The Morgan fingerprint density at radius 3 is 2.76 bits per heavy atom. The van der Waals surface area contributed by atoms with E-state index < -0.39 is 0 Å². The van der Waals surface area contributed by atoms with E-state index >= 15 is 0 Å². The molecule has 25 heavy (non-hydrogen) atoms. The zero-order valence-corrected chi connectivity index (χ0v) is 15.7. The van der Waals surface area contributed by atoms with Gasteiger partial charge in [-0.15, -0.1) is 0 Å². The molecular formula is C19H25ClN4O. The van der Waals surface area contributed by atoms with Crippen molar-refractivity contribution in [3.05, 3.63) is 46.2 Å². The summed E-state index contributed by atoms with van der Waals surface area (Å²) in [4.78, 5) is 12.5. The fourth-order valence-corrected chi connectivity index (χ4v) is 3.59. The van der Waals surface area contributed by atoms with E-state index in [9.17, 15) is 4.79 Å². The van der Waals surface area contributed by atoms with E-state index in [1.165, 1.54) is 0 Å². The Morgan fingerprint density at radius 2 is 2.08 bits per heavy atom. The van der Waals surface area contributed by atoms with E-state index in [0.717, 1.165) is 42.0 Å². The van der Waals surface area contributed by atoms with Gasteiger partial charge in [0.15, 0.2) is 0 Å². The highest BCUT2D eigenvalue weighted by atomic mass is 35.5. The number of carbonyl (C=O) groups is 1. The Balaban J connectivity index is 1.72. The third kappa shape index (κ3) is 4.22. The lowest BCUT2D eigenvalue weighted by Crippen LogP contribution is -2.47. The van der Waals surface area contributed by atoms with Crippen molar-refractivity contribution in [3.63, 3.8) is 0 Å². The normalized spacial score (nSPS) is 20.5. The fraction of sp³-hybridized carbons (Fsp3) is 0.474. The van der Waals surface area contributed by atoms with E-state index in [-0.39, 0.29) is 11.9 Å². The number of halogens is 1. The van der Waals surface area contributed by atoms with E-state index in [2.05, 4.69) is 22.7 Å². The van der Waals surface area contributed by atoms with Crippen molar-refractivity contribution >= 4 is 17.5 Å². The van der Waals surface area contributed by atoms with Crippen LogP contribution in [-0.2, 0) is 11.2 Å². The largest absolute Gasteiger partial charge is 0.353 e. The number of hydrogen-bond acceptors (Lipinski definition) is 3. The predicted octanol–water partition coefficient (Wildman–Crippen LogP) is 2.94. The number of carbonyl (C=O) groups excluding carboxylic acids is 1. The van der Waals surface area contributed by atoms with Crippen LogP contribution >= 0.6 is 11.6 Å². The van der Waals surface area contributed by atoms with Gasteiger partial charge < -0.3 is 10.6 Å². The summed E-state index contributed by atoms with van der Waals surface area (Å²) in [5.74, 6) is 0.0703. The number of rotatable bonds is 4. The second-order valence-corrected chi connectivity index (χ2v) is 7.29. The summed E-state index contributed by atoms with van der Waals surface area (Å²) < 4.78 is 1.88. The van der Waals surface area contributed by atoms with Gasteiger partial charge in [0.25, 0.3) is 0 Å². The molecule has 2 N–H and O–H groups in total. The van der Waals surface area contributed by atoms with Crippen LogP contribution in [0.2, 0.25) is 5.02 Å². The minimum Gasteiger partial charge on any atom is -0.353 e. The van der Waals surface area contributed by atoms with E-state index in [4.69, 9.17) is 11.6 Å². The molecule has 0 radical (unpaired) electrons. The number of piperidine rings is 1. The Morgan fingerprint density at radius 1 is 1.36 bits per heavy atom. The van der Waals surface area contributed by atoms with E-state index in [1.807, 2.05) is 42.8 Å². The molecule has 1 saturated heterocycles. The first-order chi connectivity index (χ1) is 11.9. The van der Waals surface area contributed by atoms with Gasteiger partial charge in [-0.25, -0.2) is 4.68 Å². The molecule has 0 aliphatic carbocycles. The molecule has 1 amide bonds. The molecule has 0 bridgehead atoms. The van der Waals surface area contributed by atoms with E-state index in [0.29, 0.717) is 17.5 Å². The molecule has 134 valence electrons. The maximum Gasteiger partial charge on any atom is 0.224 e. The Hall–Kier alpha value is -1.85. The summed E-state index contributed by atoms with van der Waals surface area (Å²) in [5, 5.41) is 11.9. The smallest absolute Gasteiger partial charge is 0.224 e. The number of nitrogens with one attached hydrogen (secondary N) is 2. The Bertz CT molecular complexity index is 754. The molecule has 0 spiro atoms. The monoisotopic (exact) mass is 360 g/mol. The first-order valence-electron chi connectivity index (χ1n) is 8.78. The van der Waals surface area contributed by atoms with Crippen molar-refractivity contribution in [1.29, 1.82) is 0 Å². The molecule has 1 aromatic carbocycles. The molecule has 1 aromatic heterocycles. The highest BCUT2D eigenvalue weighted by Crippen LogP contribution is 2.20. The summed E-state index contributed by atoms with van der Waals surface area (Å²) in [6.07, 6.45) is 2.33. The number of amides is 1. The van der Waals surface area contributed by atoms with Crippen molar-refractivity contribution in [2.75, 3.05) is 6.54 Å². The van der Waals surface area contributed by atoms with E-state index in [1.54, 1.807) is 0 Å². The second kappa shape index (κ2) is 7.58. The van der Waals surface area contributed by atoms with Crippen LogP contribution in [0.4, 0.5) is 0 Å². The number of hydrogen-bond donors (Lipinski definition) is 2. The quantitative estimate of drug-likeness (QED) is 0.881. The van der Waals surface area contributed by atoms with Crippen LogP contribution < -0.4 is 10.6 Å². The van der Waals surface area contributed by atoms with Crippen molar-refractivity contribution in [2.45, 2.75) is 52.1 Å². The van der Waals surface area contributed by atoms with Crippen LogP contribution in [0.25, 0.3) is 5.69 Å². The molecule has 3 rings (SSSR count). The minimum atomic E-state index is 0.0703. The van der Waals surface area contributed by atoms with Crippen LogP contribution in [0.5, 0.6) is 0 Å².